The number of sulfonamides is 1. The van der Waals surface area contributed by atoms with Crippen molar-refractivity contribution in [3.05, 3.63) is 62.6 Å². The summed E-state index contributed by atoms with van der Waals surface area (Å²) in [5.74, 6) is -0.575. The van der Waals surface area contributed by atoms with Crippen molar-refractivity contribution in [1.29, 1.82) is 0 Å². The molecule has 0 radical (unpaired) electrons. The van der Waals surface area contributed by atoms with E-state index in [4.69, 9.17) is 34.8 Å². The lowest BCUT2D eigenvalue weighted by molar-refractivity contribution is -0.140. The Labute approximate surface area is 235 Å². The van der Waals surface area contributed by atoms with Gasteiger partial charge in [-0.25, -0.2) is 8.42 Å². The number of rotatable bonds is 12. The van der Waals surface area contributed by atoms with E-state index in [0.29, 0.717) is 31.9 Å². The largest absolute Gasteiger partial charge is 0.352 e. The summed E-state index contributed by atoms with van der Waals surface area (Å²) < 4.78 is 26.3. The lowest BCUT2D eigenvalue weighted by Gasteiger charge is -2.30. The monoisotopic (exact) mass is 589 g/mol. The zero-order chi connectivity index (χ0) is 27.9. The molecule has 0 aromatic heterocycles. The highest BCUT2D eigenvalue weighted by Gasteiger charge is 2.28. The van der Waals surface area contributed by atoms with Crippen LogP contribution in [0.25, 0.3) is 0 Å². The standard InChI is InChI=1S/C26H34Cl3N3O4S/c1-6-17(2)30-26(34)19(4)31(16-20-12-13-21(27)15-23(20)29)25(33)11-8-14-32(37(5,35)36)24-10-7-9-22(28)18(24)3/h7,9-10,12-13,15,17,19H,6,8,11,14,16H2,1-5H3,(H,30,34)/t17-,19-/m0/s1. The second-order valence-corrected chi connectivity index (χ2v) is 12.2. The maximum absolute atomic E-state index is 13.4. The number of nitrogens with one attached hydrogen (secondary N) is 1. The summed E-state index contributed by atoms with van der Waals surface area (Å²) in [7, 11) is -3.62. The third-order valence-electron chi connectivity index (χ3n) is 6.18. The van der Waals surface area contributed by atoms with Crippen LogP contribution in [0.4, 0.5) is 5.69 Å². The fraction of sp³-hybridized carbons (Fsp3) is 0.462. The van der Waals surface area contributed by atoms with Crippen molar-refractivity contribution >= 4 is 62.3 Å². The van der Waals surface area contributed by atoms with Gasteiger partial charge in [0.05, 0.1) is 11.9 Å². The molecule has 0 spiro atoms. The van der Waals surface area contributed by atoms with Gasteiger partial charge in [-0.3, -0.25) is 13.9 Å². The van der Waals surface area contributed by atoms with E-state index in [2.05, 4.69) is 5.32 Å². The third kappa shape index (κ3) is 8.77. The number of hydrogen-bond donors (Lipinski definition) is 1. The van der Waals surface area contributed by atoms with Gasteiger partial charge in [-0.05, 0) is 69.0 Å². The molecule has 0 saturated carbocycles. The fourth-order valence-corrected chi connectivity index (χ4v) is 5.38. The van der Waals surface area contributed by atoms with Gasteiger partial charge >= 0.3 is 0 Å². The highest BCUT2D eigenvalue weighted by molar-refractivity contribution is 7.92. The Hall–Kier alpha value is -2.00. The zero-order valence-corrected chi connectivity index (χ0v) is 24.8. The number of benzene rings is 2. The molecule has 0 aliphatic carbocycles. The summed E-state index contributed by atoms with van der Waals surface area (Å²) in [6.07, 6.45) is 2.13. The Morgan fingerprint density at radius 1 is 1.05 bits per heavy atom. The summed E-state index contributed by atoms with van der Waals surface area (Å²) in [4.78, 5) is 27.8. The molecule has 0 heterocycles. The Balaban J connectivity index is 2.25. The lowest BCUT2D eigenvalue weighted by Crippen LogP contribution is -2.49. The maximum Gasteiger partial charge on any atom is 0.242 e. The van der Waals surface area contributed by atoms with E-state index in [9.17, 15) is 18.0 Å². The second kappa shape index (κ2) is 13.7. The van der Waals surface area contributed by atoms with Gasteiger partial charge in [0.2, 0.25) is 21.8 Å². The Morgan fingerprint density at radius 3 is 2.32 bits per heavy atom. The minimum absolute atomic E-state index is 0.0256. The molecule has 2 amide bonds. The normalized spacial score (nSPS) is 13.1. The quantitative estimate of drug-likeness (QED) is 0.337. The molecular formula is C26H34Cl3N3O4S. The summed E-state index contributed by atoms with van der Waals surface area (Å²) in [5, 5.41) is 4.22. The first-order chi connectivity index (χ1) is 17.3. The van der Waals surface area contributed by atoms with E-state index in [1.165, 1.54) is 9.21 Å². The van der Waals surface area contributed by atoms with E-state index < -0.39 is 16.1 Å². The van der Waals surface area contributed by atoms with Crippen LogP contribution in [0.1, 0.15) is 51.2 Å². The first-order valence-corrected chi connectivity index (χ1v) is 15.0. The molecule has 11 heteroatoms. The number of nitrogens with zero attached hydrogens (tertiary/aromatic N) is 2. The predicted molar refractivity (Wildman–Crippen MR) is 152 cm³/mol. The van der Waals surface area contributed by atoms with E-state index >= 15 is 0 Å². The van der Waals surface area contributed by atoms with Crippen molar-refractivity contribution in [3.63, 3.8) is 0 Å². The molecule has 2 atom stereocenters. The van der Waals surface area contributed by atoms with Crippen molar-refractivity contribution in [1.82, 2.24) is 10.2 Å². The van der Waals surface area contributed by atoms with Crippen LogP contribution < -0.4 is 9.62 Å². The summed E-state index contributed by atoms with van der Waals surface area (Å²) in [5.41, 5.74) is 1.75. The molecule has 2 rings (SSSR count). The average molecular weight is 591 g/mol. The number of carbonyl (C=O) groups excluding carboxylic acids is 2. The van der Waals surface area contributed by atoms with Crippen LogP contribution in [0.5, 0.6) is 0 Å². The average Bonchev–Trinajstić information content (AvgIpc) is 2.82. The van der Waals surface area contributed by atoms with Gasteiger partial charge in [0.25, 0.3) is 0 Å². The molecule has 0 fully saturated rings. The first kappa shape index (κ1) is 31.2. The molecule has 0 unspecified atom stereocenters. The molecule has 7 nitrogen and oxygen atoms in total. The number of amides is 2. The predicted octanol–water partition coefficient (Wildman–Crippen LogP) is 5.83. The van der Waals surface area contributed by atoms with Crippen LogP contribution in [-0.4, -0.2) is 50.0 Å². The van der Waals surface area contributed by atoms with Crippen molar-refractivity contribution < 1.29 is 18.0 Å². The Morgan fingerprint density at radius 2 is 1.73 bits per heavy atom. The van der Waals surface area contributed by atoms with Crippen LogP contribution in [0.2, 0.25) is 15.1 Å². The van der Waals surface area contributed by atoms with Gasteiger partial charge in [0.15, 0.2) is 0 Å². The molecule has 0 aliphatic heterocycles. The van der Waals surface area contributed by atoms with Gasteiger partial charge < -0.3 is 10.2 Å². The van der Waals surface area contributed by atoms with Crippen LogP contribution >= 0.6 is 34.8 Å². The number of hydrogen-bond acceptors (Lipinski definition) is 4. The number of halogens is 3. The smallest absolute Gasteiger partial charge is 0.242 e. The van der Waals surface area contributed by atoms with Gasteiger partial charge in [-0.1, -0.05) is 53.9 Å². The molecule has 37 heavy (non-hydrogen) atoms. The summed E-state index contributed by atoms with van der Waals surface area (Å²) in [6.45, 7) is 7.45. The molecule has 204 valence electrons. The Bertz CT molecular complexity index is 1220. The molecule has 1 N–H and O–H groups in total. The SMILES string of the molecule is CC[C@H](C)NC(=O)[C@H](C)N(Cc1ccc(Cl)cc1Cl)C(=O)CCCN(c1cccc(Cl)c1C)S(C)(=O)=O. The third-order valence-corrected chi connectivity index (χ3v) is 8.36. The highest BCUT2D eigenvalue weighted by Crippen LogP contribution is 2.29. The lowest BCUT2D eigenvalue weighted by atomic mass is 10.1. The van der Waals surface area contributed by atoms with Crippen LogP contribution in [0.3, 0.4) is 0 Å². The van der Waals surface area contributed by atoms with E-state index in [0.717, 1.165) is 12.7 Å². The molecule has 0 saturated heterocycles. The molecule has 0 bridgehead atoms. The van der Waals surface area contributed by atoms with Crippen molar-refractivity contribution in [2.45, 2.75) is 65.6 Å². The summed E-state index contributed by atoms with van der Waals surface area (Å²) in [6, 6.07) is 9.22. The molecule has 0 aliphatic rings. The number of anilines is 1. The van der Waals surface area contributed by atoms with Crippen molar-refractivity contribution in [2.24, 2.45) is 0 Å². The van der Waals surface area contributed by atoms with Crippen LogP contribution in [0, 0.1) is 6.92 Å². The van der Waals surface area contributed by atoms with Gasteiger partial charge in [0, 0.05) is 40.6 Å². The van der Waals surface area contributed by atoms with Crippen molar-refractivity contribution in [2.75, 3.05) is 17.1 Å². The van der Waals surface area contributed by atoms with Gasteiger partial charge in [-0.15, -0.1) is 0 Å². The van der Waals surface area contributed by atoms with E-state index in [1.807, 2.05) is 13.8 Å². The van der Waals surface area contributed by atoms with Gasteiger partial charge in [-0.2, -0.15) is 0 Å². The minimum atomic E-state index is -3.62. The highest BCUT2D eigenvalue weighted by atomic mass is 35.5. The second-order valence-electron chi connectivity index (χ2n) is 9.07. The molecule has 2 aromatic carbocycles. The summed E-state index contributed by atoms with van der Waals surface area (Å²) >= 11 is 18.6. The number of carbonyl (C=O) groups is 2. The first-order valence-electron chi connectivity index (χ1n) is 12.0. The van der Waals surface area contributed by atoms with Gasteiger partial charge in [0.1, 0.15) is 6.04 Å². The topological polar surface area (TPSA) is 86.8 Å². The fourth-order valence-electron chi connectivity index (χ4n) is 3.73. The van der Waals surface area contributed by atoms with E-state index in [-0.39, 0.29) is 43.8 Å². The molecular weight excluding hydrogens is 557 g/mol. The zero-order valence-electron chi connectivity index (χ0n) is 21.7. The van der Waals surface area contributed by atoms with Crippen molar-refractivity contribution in [3.8, 4) is 0 Å². The minimum Gasteiger partial charge on any atom is -0.352 e. The maximum atomic E-state index is 13.4. The van der Waals surface area contributed by atoms with Crippen LogP contribution in [0.15, 0.2) is 36.4 Å². The Kier molecular flexibility index (Phi) is 11.6. The van der Waals surface area contributed by atoms with E-state index in [1.54, 1.807) is 50.2 Å². The van der Waals surface area contributed by atoms with Crippen LogP contribution in [-0.2, 0) is 26.2 Å². The molecule has 2 aromatic rings.